The van der Waals surface area contributed by atoms with Gasteiger partial charge in [0.15, 0.2) is 0 Å². The average Bonchev–Trinajstić information content (AvgIpc) is 2.51. The maximum Gasteiger partial charge on any atom is 0.307 e. The van der Waals surface area contributed by atoms with Crippen molar-refractivity contribution in [2.45, 2.75) is 38.9 Å². The van der Waals surface area contributed by atoms with E-state index in [4.69, 9.17) is 0 Å². The van der Waals surface area contributed by atoms with Gasteiger partial charge in [0.1, 0.15) is 5.54 Å². The summed E-state index contributed by atoms with van der Waals surface area (Å²) < 4.78 is 1.50. The Balaban J connectivity index is 2.68. The Labute approximate surface area is 126 Å². The van der Waals surface area contributed by atoms with Crippen LogP contribution in [0, 0.1) is 5.21 Å². The first-order valence-corrected chi connectivity index (χ1v) is 7.03. The second-order valence-corrected chi connectivity index (χ2v) is 6.51. The molecule has 6 heteroatoms. The Kier molecular flexibility index (Phi) is 3.52. The normalized spacial score (nSPS) is 26.1. The fraction of sp³-hybridized carbons (Fsp3) is 0.429. The molecule has 0 aromatic heterocycles. The standard InChI is InChI=1S/C14H17BrN2O3/c1-9(18)14(4)16(19)12(13(2,3)17(14)20)10-5-7-11(15)8-6-10/h5-8,20H,1-4H3/t14-/m0/s1. The lowest BCUT2D eigenvalue weighted by molar-refractivity contribution is -0.565. The third-order valence-electron chi connectivity index (χ3n) is 3.90. The lowest BCUT2D eigenvalue weighted by Gasteiger charge is -2.30. The molecule has 0 saturated carbocycles. The summed E-state index contributed by atoms with van der Waals surface area (Å²) in [6.45, 7) is 6.15. The molecule has 0 fully saturated rings. The number of Topliss-reactive ketones (excluding diaryl/α,β-unsaturated/α-hetero) is 1. The highest BCUT2D eigenvalue weighted by atomic mass is 79.9. The molecule has 1 aliphatic rings. The minimum atomic E-state index is -1.61. The molecular weight excluding hydrogens is 324 g/mol. The molecule has 5 nitrogen and oxygen atoms in total. The van der Waals surface area contributed by atoms with Crippen molar-refractivity contribution in [1.82, 2.24) is 5.06 Å². The van der Waals surface area contributed by atoms with E-state index in [0.717, 1.165) is 9.54 Å². The molecule has 1 aliphatic heterocycles. The van der Waals surface area contributed by atoms with Crippen LogP contribution in [-0.2, 0) is 4.79 Å². The van der Waals surface area contributed by atoms with Crippen molar-refractivity contribution in [3.63, 3.8) is 0 Å². The van der Waals surface area contributed by atoms with Gasteiger partial charge in [-0.25, -0.2) is 0 Å². The molecule has 1 aromatic carbocycles. The summed E-state index contributed by atoms with van der Waals surface area (Å²) in [4.78, 5) is 11.8. The molecule has 0 radical (unpaired) electrons. The highest BCUT2D eigenvalue weighted by Gasteiger charge is 2.62. The summed E-state index contributed by atoms with van der Waals surface area (Å²) in [5.41, 5.74) is -1.52. The van der Waals surface area contributed by atoms with E-state index in [1.54, 1.807) is 26.0 Å². The molecule has 2 rings (SSSR count). The van der Waals surface area contributed by atoms with Crippen molar-refractivity contribution in [2.75, 3.05) is 0 Å². The van der Waals surface area contributed by atoms with Crippen LogP contribution < -0.4 is 0 Å². The average molecular weight is 341 g/mol. The lowest BCUT2D eigenvalue weighted by atomic mass is 9.92. The number of nitrogens with zero attached hydrogens (tertiary/aromatic N) is 2. The van der Waals surface area contributed by atoms with Crippen molar-refractivity contribution in [3.8, 4) is 0 Å². The van der Waals surface area contributed by atoms with Crippen molar-refractivity contribution < 1.29 is 14.7 Å². The van der Waals surface area contributed by atoms with Crippen LogP contribution in [0.2, 0.25) is 0 Å². The Morgan fingerprint density at radius 3 is 2.20 bits per heavy atom. The first-order valence-electron chi connectivity index (χ1n) is 6.24. The van der Waals surface area contributed by atoms with Gasteiger partial charge in [0.05, 0.1) is 0 Å². The molecule has 0 aliphatic carbocycles. The Hall–Kier alpha value is -1.24. The summed E-state index contributed by atoms with van der Waals surface area (Å²) >= 11 is 3.34. The Morgan fingerprint density at radius 2 is 1.80 bits per heavy atom. The second kappa shape index (κ2) is 4.65. The summed E-state index contributed by atoms with van der Waals surface area (Å²) in [6.07, 6.45) is 0. The summed E-state index contributed by atoms with van der Waals surface area (Å²) in [7, 11) is 0. The van der Waals surface area contributed by atoms with E-state index >= 15 is 0 Å². The molecule has 20 heavy (non-hydrogen) atoms. The molecule has 1 atom stereocenters. The van der Waals surface area contributed by atoms with Gasteiger partial charge in [0.25, 0.3) is 0 Å². The smallest absolute Gasteiger partial charge is 0.307 e. The predicted octanol–water partition coefficient (Wildman–Crippen LogP) is 2.54. The number of halogens is 1. The van der Waals surface area contributed by atoms with Crippen LogP contribution in [0.5, 0.6) is 0 Å². The van der Waals surface area contributed by atoms with E-state index in [0.29, 0.717) is 16.0 Å². The fourth-order valence-corrected chi connectivity index (χ4v) is 2.83. The number of rotatable bonds is 2. The van der Waals surface area contributed by atoms with Crippen molar-refractivity contribution in [1.29, 1.82) is 0 Å². The zero-order chi connectivity index (χ0) is 15.3. The van der Waals surface area contributed by atoms with Gasteiger partial charge in [-0.1, -0.05) is 15.9 Å². The molecule has 0 amide bonds. The minimum Gasteiger partial charge on any atom is -0.622 e. The number of carbonyl (C=O) groups is 1. The number of hydrogen-bond donors (Lipinski definition) is 1. The zero-order valence-electron chi connectivity index (χ0n) is 11.8. The summed E-state index contributed by atoms with van der Waals surface area (Å²) in [5, 5.41) is 23.8. The quantitative estimate of drug-likeness (QED) is 0.663. The third-order valence-corrected chi connectivity index (χ3v) is 4.43. The molecule has 0 saturated heterocycles. The first kappa shape index (κ1) is 15.2. The van der Waals surface area contributed by atoms with Gasteiger partial charge in [0, 0.05) is 23.9 Å². The van der Waals surface area contributed by atoms with Crippen LogP contribution in [0.4, 0.5) is 0 Å². The molecule has 108 valence electrons. The Bertz CT molecular complexity index is 595. The highest BCUT2D eigenvalue weighted by molar-refractivity contribution is 9.10. The lowest BCUT2D eigenvalue weighted by Crippen LogP contribution is -2.57. The first-order chi connectivity index (χ1) is 9.13. The Morgan fingerprint density at radius 1 is 1.30 bits per heavy atom. The van der Waals surface area contributed by atoms with Gasteiger partial charge < -0.3 is 10.4 Å². The van der Waals surface area contributed by atoms with Crippen LogP contribution in [0.25, 0.3) is 0 Å². The van der Waals surface area contributed by atoms with E-state index in [2.05, 4.69) is 15.9 Å². The maximum absolute atomic E-state index is 12.6. The molecule has 1 heterocycles. The van der Waals surface area contributed by atoms with Gasteiger partial charge in [-0.2, -0.15) is 4.74 Å². The van der Waals surface area contributed by atoms with Gasteiger partial charge in [-0.3, -0.25) is 4.79 Å². The van der Waals surface area contributed by atoms with Crippen molar-refractivity contribution in [2.24, 2.45) is 0 Å². The third kappa shape index (κ3) is 1.90. The highest BCUT2D eigenvalue weighted by Crippen LogP contribution is 2.35. The molecular formula is C14H17BrN2O3. The molecule has 0 bridgehead atoms. The van der Waals surface area contributed by atoms with Crippen LogP contribution in [-0.4, -0.2) is 37.7 Å². The summed E-state index contributed by atoms with van der Waals surface area (Å²) in [5.74, 6) is -0.407. The monoisotopic (exact) mass is 340 g/mol. The topological polar surface area (TPSA) is 66.6 Å². The second-order valence-electron chi connectivity index (χ2n) is 5.60. The number of ketones is 1. The van der Waals surface area contributed by atoms with Gasteiger partial charge in [-0.05, 0) is 38.1 Å². The minimum absolute atomic E-state index is 0.366. The van der Waals surface area contributed by atoms with Crippen molar-refractivity contribution in [3.05, 3.63) is 39.5 Å². The molecule has 1 aromatic rings. The van der Waals surface area contributed by atoms with Crippen LogP contribution in [0.15, 0.2) is 28.7 Å². The maximum atomic E-state index is 12.6. The van der Waals surface area contributed by atoms with Crippen LogP contribution in [0.1, 0.15) is 33.3 Å². The molecule has 1 N–H and O–H groups in total. The van der Waals surface area contributed by atoms with E-state index in [9.17, 15) is 15.2 Å². The van der Waals surface area contributed by atoms with E-state index in [-0.39, 0.29) is 0 Å². The van der Waals surface area contributed by atoms with Gasteiger partial charge in [0.2, 0.25) is 11.5 Å². The fourth-order valence-electron chi connectivity index (χ4n) is 2.57. The van der Waals surface area contributed by atoms with Crippen molar-refractivity contribution >= 4 is 27.4 Å². The predicted molar refractivity (Wildman–Crippen MR) is 78.7 cm³/mol. The SMILES string of the molecule is CC(=O)[C@]1(C)N(O)C(C)(C)C(c2ccc(Br)cc2)=[N+]1[O-]. The largest absolute Gasteiger partial charge is 0.622 e. The molecule has 0 spiro atoms. The van der Waals surface area contributed by atoms with Crippen LogP contribution in [0.3, 0.4) is 0 Å². The number of hydrogen-bond acceptors (Lipinski definition) is 4. The number of benzene rings is 1. The number of carbonyl (C=O) groups excluding carboxylic acids is 1. The zero-order valence-corrected chi connectivity index (χ0v) is 13.4. The number of hydroxylamine groups is 3. The van der Waals surface area contributed by atoms with Gasteiger partial charge >= 0.3 is 5.66 Å². The van der Waals surface area contributed by atoms with Crippen LogP contribution >= 0.6 is 15.9 Å². The van der Waals surface area contributed by atoms with E-state index in [1.165, 1.54) is 13.8 Å². The van der Waals surface area contributed by atoms with Gasteiger partial charge in [-0.15, -0.1) is 5.06 Å². The molecule has 0 unspecified atom stereocenters. The van der Waals surface area contributed by atoms with E-state index in [1.807, 2.05) is 12.1 Å². The van der Waals surface area contributed by atoms with E-state index < -0.39 is 17.0 Å². The summed E-state index contributed by atoms with van der Waals surface area (Å²) in [6, 6.07) is 7.20.